The minimum atomic E-state index is -4.42. The van der Waals surface area contributed by atoms with Crippen molar-refractivity contribution < 1.29 is 23.1 Å². The first-order valence-electron chi connectivity index (χ1n) is 5.65. The number of nitrogen functional groups attached to an aromatic ring is 1. The van der Waals surface area contributed by atoms with E-state index in [0.717, 1.165) is 18.6 Å². The fraction of sp³-hybridized carbons (Fsp3) is 0.417. The molecule has 2 unspecified atom stereocenters. The number of rotatable bonds is 3. The fourth-order valence-corrected chi connectivity index (χ4v) is 3.23. The number of benzene rings is 1. The molecule has 19 heavy (non-hydrogen) atoms. The van der Waals surface area contributed by atoms with Gasteiger partial charge in [0.2, 0.25) is 0 Å². The Labute approximate surface area is 112 Å². The van der Waals surface area contributed by atoms with Gasteiger partial charge < -0.3 is 10.8 Å². The molecule has 0 heterocycles. The van der Waals surface area contributed by atoms with Gasteiger partial charge in [-0.25, -0.2) is 0 Å². The summed E-state index contributed by atoms with van der Waals surface area (Å²) >= 11 is 1.24. The third-order valence-corrected chi connectivity index (χ3v) is 4.64. The van der Waals surface area contributed by atoms with Crippen LogP contribution in [0.3, 0.4) is 0 Å². The number of carbonyl (C=O) groups is 1. The van der Waals surface area contributed by atoms with Crippen molar-refractivity contribution in [2.75, 3.05) is 5.73 Å². The van der Waals surface area contributed by atoms with E-state index in [0.29, 0.717) is 11.3 Å². The molecule has 0 saturated heterocycles. The van der Waals surface area contributed by atoms with Crippen molar-refractivity contribution in [3.05, 3.63) is 23.8 Å². The molecule has 1 aromatic carbocycles. The minimum Gasteiger partial charge on any atom is -0.481 e. The Kier molecular flexibility index (Phi) is 3.66. The molecule has 0 aromatic heterocycles. The zero-order chi connectivity index (χ0) is 14.2. The summed E-state index contributed by atoms with van der Waals surface area (Å²) in [7, 11) is 0. The van der Waals surface area contributed by atoms with Crippen LogP contribution in [0.25, 0.3) is 0 Å². The predicted octanol–water partition coefficient (Wildman–Crippen LogP) is 3.24. The van der Waals surface area contributed by atoms with Crippen LogP contribution in [-0.4, -0.2) is 16.3 Å². The lowest BCUT2D eigenvalue weighted by Gasteiger charge is -2.32. The number of hydrogen-bond acceptors (Lipinski definition) is 3. The van der Waals surface area contributed by atoms with Crippen molar-refractivity contribution >= 4 is 23.4 Å². The highest BCUT2D eigenvalue weighted by Gasteiger charge is 2.38. The Morgan fingerprint density at radius 1 is 1.37 bits per heavy atom. The summed E-state index contributed by atoms with van der Waals surface area (Å²) in [6.07, 6.45) is -3.08. The van der Waals surface area contributed by atoms with E-state index >= 15 is 0 Å². The van der Waals surface area contributed by atoms with E-state index in [4.69, 9.17) is 10.8 Å². The lowest BCUT2D eigenvalue weighted by molar-refractivity contribution is -0.144. The molecule has 2 rings (SSSR count). The van der Waals surface area contributed by atoms with Crippen LogP contribution in [0.2, 0.25) is 0 Å². The molecule has 0 spiro atoms. The second-order valence-electron chi connectivity index (χ2n) is 4.43. The second kappa shape index (κ2) is 4.96. The van der Waals surface area contributed by atoms with Crippen LogP contribution in [0, 0.1) is 5.92 Å². The zero-order valence-corrected chi connectivity index (χ0v) is 10.6. The monoisotopic (exact) mass is 291 g/mol. The van der Waals surface area contributed by atoms with Crippen LogP contribution < -0.4 is 5.73 Å². The number of thioether (sulfide) groups is 1. The van der Waals surface area contributed by atoms with E-state index in [2.05, 4.69) is 0 Å². The van der Waals surface area contributed by atoms with Gasteiger partial charge in [-0.15, -0.1) is 11.8 Å². The van der Waals surface area contributed by atoms with Crippen LogP contribution in [-0.2, 0) is 11.0 Å². The van der Waals surface area contributed by atoms with Crippen molar-refractivity contribution in [3.63, 3.8) is 0 Å². The van der Waals surface area contributed by atoms with Crippen molar-refractivity contribution in [1.82, 2.24) is 0 Å². The molecule has 1 saturated carbocycles. The molecule has 2 atom stereocenters. The van der Waals surface area contributed by atoms with Gasteiger partial charge in [0.15, 0.2) is 0 Å². The molecule has 3 nitrogen and oxygen atoms in total. The smallest absolute Gasteiger partial charge is 0.416 e. The van der Waals surface area contributed by atoms with E-state index in [-0.39, 0.29) is 10.9 Å². The zero-order valence-electron chi connectivity index (χ0n) is 9.78. The molecule has 1 aromatic rings. The highest BCUT2D eigenvalue weighted by Crippen LogP contribution is 2.44. The average Bonchev–Trinajstić information content (AvgIpc) is 2.23. The third-order valence-electron chi connectivity index (χ3n) is 3.14. The van der Waals surface area contributed by atoms with Crippen LogP contribution in [0.1, 0.15) is 18.4 Å². The highest BCUT2D eigenvalue weighted by molar-refractivity contribution is 8.00. The van der Waals surface area contributed by atoms with E-state index in [1.54, 1.807) is 0 Å². The quantitative estimate of drug-likeness (QED) is 0.839. The van der Waals surface area contributed by atoms with Crippen molar-refractivity contribution in [2.45, 2.75) is 29.2 Å². The van der Waals surface area contributed by atoms with E-state index in [1.807, 2.05) is 0 Å². The van der Waals surface area contributed by atoms with Gasteiger partial charge in [-0.2, -0.15) is 13.2 Å². The summed E-state index contributed by atoms with van der Waals surface area (Å²) in [5.74, 6) is -1.30. The van der Waals surface area contributed by atoms with Gasteiger partial charge in [-0.3, -0.25) is 4.79 Å². The maximum atomic E-state index is 12.5. The molecular weight excluding hydrogens is 279 g/mol. The molecule has 7 heteroatoms. The summed E-state index contributed by atoms with van der Waals surface area (Å²) in [5, 5.41) is 8.79. The molecule has 1 aliphatic carbocycles. The number of nitrogens with two attached hydrogens (primary N) is 1. The number of alkyl halides is 3. The van der Waals surface area contributed by atoms with Gasteiger partial charge in [0.25, 0.3) is 0 Å². The lowest BCUT2D eigenvalue weighted by atomic mass is 9.85. The Morgan fingerprint density at radius 2 is 2.05 bits per heavy atom. The van der Waals surface area contributed by atoms with E-state index in [9.17, 15) is 18.0 Å². The Hall–Kier alpha value is -1.37. The number of hydrogen-bond donors (Lipinski definition) is 2. The SMILES string of the molecule is Nc1cc(C(F)(F)F)ccc1SC1CCC1C(=O)O. The van der Waals surface area contributed by atoms with Gasteiger partial charge in [-0.1, -0.05) is 0 Å². The Bertz CT molecular complexity index is 504. The summed E-state index contributed by atoms with van der Waals surface area (Å²) in [5.41, 5.74) is 4.84. The summed E-state index contributed by atoms with van der Waals surface area (Å²) in [6, 6.07) is 3.16. The maximum Gasteiger partial charge on any atom is 0.416 e. The van der Waals surface area contributed by atoms with Gasteiger partial charge in [0.05, 0.1) is 11.5 Å². The number of aliphatic carboxylic acids is 1. The highest BCUT2D eigenvalue weighted by atomic mass is 32.2. The molecule has 104 valence electrons. The van der Waals surface area contributed by atoms with Crippen LogP contribution in [0.4, 0.5) is 18.9 Å². The molecule has 1 fully saturated rings. The summed E-state index contributed by atoms with van der Waals surface area (Å²) in [4.78, 5) is 11.4. The number of halogens is 3. The largest absolute Gasteiger partial charge is 0.481 e. The van der Waals surface area contributed by atoms with Crippen molar-refractivity contribution in [3.8, 4) is 0 Å². The maximum absolute atomic E-state index is 12.5. The summed E-state index contributed by atoms with van der Waals surface area (Å²) < 4.78 is 37.4. The summed E-state index contributed by atoms with van der Waals surface area (Å²) in [6.45, 7) is 0. The molecule has 0 bridgehead atoms. The molecule has 0 aliphatic heterocycles. The van der Waals surface area contributed by atoms with Gasteiger partial charge in [-0.05, 0) is 31.0 Å². The van der Waals surface area contributed by atoms with Crippen molar-refractivity contribution in [2.24, 2.45) is 5.92 Å². The van der Waals surface area contributed by atoms with Gasteiger partial charge in [0, 0.05) is 15.8 Å². The second-order valence-corrected chi connectivity index (χ2v) is 5.71. The van der Waals surface area contributed by atoms with E-state index < -0.39 is 23.6 Å². The number of carboxylic acid groups (broad SMARTS) is 1. The number of anilines is 1. The van der Waals surface area contributed by atoms with Crippen LogP contribution in [0.15, 0.2) is 23.1 Å². The minimum absolute atomic E-state index is 0.0378. The fourth-order valence-electron chi connectivity index (χ4n) is 1.89. The first-order valence-corrected chi connectivity index (χ1v) is 6.53. The normalized spacial score (nSPS) is 22.9. The first kappa shape index (κ1) is 14.0. The Balaban J connectivity index is 2.12. The topological polar surface area (TPSA) is 63.3 Å². The number of carboxylic acids is 1. The van der Waals surface area contributed by atoms with Crippen LogP contribution in [0.5, 0.6) is 0 Å². The Morgan fingerprint density at radius 3 is 2.47 bits per heavy atom. The van der Waals surface area contributed by atoms with E-state index in [1.165, 1.54) is 17.8 Å². The predicted molar refractivity (Wildman–Crippen MR) is 65.9 cm³/mol. The molecular formula is C12H12F3NO2S. The molecule has 1 aliphatic rings. The average molecular weight is 291 g/mol. The molecule has 0 radical (unpaired) electrons. The van der Waals surface area contributed by atoms with Gasteiger partial charge >= 0.3 is 12.1 Å². The van der Waals surface area contributed by atoms with Crippen molar-refractivity contribution in [1.29, 1.82) is 0 Å². The molecule has 3 N–H and O–H groups in total. The van der Waals surface area contributed by atoms with Crippen LogP contribution >= 0.6 is 11.8 Å². The lowest BCUT2D eigenvalue weighted by Crippen LogP contribution is -2.35. The third kappa shape index (κ3) is 2.97. The standard InChI is InChI=1S/C12H12F3NO2S/c13-12(14,15)6-1-3-10(8(16)5-6)19-9-4-2-7(9)11(17)18/h1,3,5,7,9H,2,4,16H2,(H,17,18). The molecule has 0 amide bonds. The van der Waals surface area contributed by atoms with Gasteiger partial charge in [0.1, 0.15) is 0 Å². The first-order chi connectivity index (χ1) is 8.79.